The molecule has 2 N–H and O–H groups in total. The van der Waals surface area contributed by atoms with Gasteiger partial charge in [0.1, 0.15) is 0 Å². The highest BCUT2D eigenvalue weighted by atomic mass is 35.5. The van der Waals surface area contributed by atoms with Crippen molar-refractivity contribution in [1.82, 2.24) is 4.98 Å². The first-order chi connectivity index (χ1) is 6.11. The second-order valence-corrected chi connectivity index (χ2v) is 3.55. The van der Waals surface area contributed by atoms with Crippen molar-refractivity contribution in [1.29, 1.82) is 0 Å². The molecular weight excluding hydrogens is 184 g/mol. The smallest absolute Gasteiger partial charge is 0.0760 e. The number of pyridine rings is 1. The van der Waals surface area contributed by atoms with Crippen LogP contribution >= 0.6 is 11.6 Å². The van der Waals surface area contributed by atoms with Crippen molar-refractivity contribution in [2.75, 3.05) is 0 Å². The van der Waals surface area contributed by atoms with Gasteiger partial charge in [-0.05, 0) is 25.5 Å². The molecule has 13 heavy (non-hydrogen) atoms. The lowest BCUT2D eigenvalue weighted by molar-refractivity contribution is 0.693. The normalized spacial score (nSPS) is 12.5. The van der Waals surface area contributed by atoms with Crippen LogP contribution in [0.1, 0.15) is 25.1 Å². The maximum Gasteiger partial charge on any atom is 0.0760 e. The topological polar surface area (TPSA) is 38.9 Å². The highest BCUT2D eigenvalue weighted by Crippen LogP contribution is 2.22. The lowest BCUT2D eigenvalue weighted by atomic mass is 10.1. The monoisotopic (exact) mass is 196 g/mol. The van der Waals surface area contributed by atoms with Crippen LogP contribution in [0.25, 0.3) is 0 Å². The van der Waals surface area contributed by atoms with Crippen molar-refractivity contribution < 1.29 is 0 Å². The van der Waals surface area contributed by atoms with Crippen molar-refractivity contribution in [3.8, 4) is 0 Å². The first-order valence-electron chi connectivity index (χ1n) is 4.11. The molecule has 0 aliphatic heterocycles. The van der Waals surface area contributed by atoms with E-state index in [1.54, 1.807) is 18.3 Å². The predicted octanol–water partition coefficient (Wildman–Crippen LogP) is 2.70. The van der Waals surface area contributed by atoms with Gasteiger partial charge in [0.25, 0.3) is 0 Å². The Kier molecular flexibility index (Phi) is 3.46. The van der Waals surface area contributed by atoms with Gasteiger partial charge in [0.15, 0.2) is 0 Å². The van der Waals surface area contributed by atoms with Crippen LogP contribution < -0.4 is 5.73 Å². The summed E-state index contributed by atoms with van der Waals surface area (Å²) in [4.78, 5) is 4.13. The van der Waals surface area contributed by atoms with Gasteiger partial charge in [-0.15, -0.1) is 6.58 Å². The minimum atomic E-state index is -0.147. The number of hydrogen-bond acceptors (Lipinski definition) is 2. The maximum absolute atomic E-state index is 5.93. The van der Waals surface area contributed by atoms with Crippen LogP contribution in [0.15, 0.2) is 30.5 Å². The van der Waals surface area contributed by atoms with Crippen LogP contribution in [0.4, 0.5) is 0 Å². The van der Waals surface area contributed by atoms with Crippen LogP contribution in [-0.2, 0) is 0 Å². The largest absolute Gasteiger partial charge is 0.322 e. The SMILES string of the molecule is C=C(C)CC(N)c1ncccc1Cl. The number of rotatable bonds is 3. The summed E-state index contributed by atoms with van der Waals surface area (Å²) in [6.45, 7) is 5.74. The zero-order chi connectivity index (χ0) is 9.84. The minimum Gasteiger partial charge on any atom is -0.322 e. The van der Waals surface area contributed by atoms with E-state index in [-0.39, 0.29) is 6.04 Å². The Morgan fingerprint density at radius 1 is 1.77 bits per heavy atom. The molecule has 0 radical (unpaired) electrons. The van der Waals surface area contributed by atoms with E-state index in [0.717, 1.165) is 17.7 Å². The van der Waals surface area contributed by atoms with Crippen molar-refractivity contribution in [2.45, 2.75) is 19.4 Å². The lowest BCUT2D eigenvalue weighted by Gasteiger charge is -2.11. The highest BCUT2D eigenvalue weighted by Gasteiger charge is 2.10. The van der Waals surface area contributed by atoms with Crippen LogP contribution in [0, 0.1) is 0 Å². The Morgan fingerprint density at radius 2 is 2.46 bits per heavy atom. The van der Waals surface area contributed by atoms with Gasteiger partial charge in [0, 0.05) is 6.20 Å². The van der Waals surface area contributed by atoms with Gasteiger partial charge >= 0.3 is 0 Å². The molecule has 0 bridgehead atoms. The molecule has 0 spiro atoms. The van der Waals surface area contributed by atoms with E-state index in [9.17, 15) is 0 Å². The molecule has 0 aromatic carbocycles. The highest BCUT2D eigenvalue weighted by molar-refractivity contribution is 6.31. The maximum atomic E-state index is 5.93. The average Bonchev–Trinajstić information content (AvgIpc) is 2.03. The van der Waals surface area contributed by atoms with Gasteiger partial charge in [0.05, 0.1) is 16.8 Å². The van der Waals surface area contributed by atoms with Gasteiger partial charge in [-0.1, -0.05) is 17.2 Å². The van der Waals surface area contributed by atoms with Gasteiger partial charge in [-0.2, -0.15) is 0 Å². The lowest BCUT2D eigenvalue weighted by Crippen LogP contribution is -2.12. The Hall–Kier alpha value is -0.860. The quantitative estimate of drug-likeness (QED) is 0.755. The van der Waals surface area contributed by atoms with E-state index in [0.29, 0.717) is 5.02 Å². The predicted molar refractivity (Wildman–Crippen MR) is 55.6 cm³/mol. The molecular formula is C10H13ClN2. The van der Waals surface area contributed by atoms with E-state index in [1.165, 1.54) is 0 Å². The third-order valence-corrected chi connectivity index (χ3v) is 2.03. The van der Waals surface area contributed by atoms with E-state index >= 15 is 0 Å². The molecule has 0 amide bonds. The zero-order valence-electron chi connectivity index (χ0n) is 7.63. The van der Waals surface area contributed by atoms with E-state index in [4.69, 9.17) is 17.3 Å². The molecule has 1 heterocycles. The second-order valence-electron chi connectivity index (χ2n) is 3.14. The average molecular weight is 197 g/mol. The van der Waals surface area contributed by atoms with E-state index < -0.39 is 0 Å². The summed E-state index contributed by atoms with van der Waals surface area (Å²) >= 11 is 5.93. The van der Waals surface area contributed by atoms with Crippen molar-refractivity contribution in [2.24, 2.45) is 5.73 Å². The summed E-state index contributed by atoms with van der Waals surface area (Å²) < 4.78 is 0. The Morgan fingerprint density at radius 3 is 3.00 bits per heavy atom. The Balaban J connectivity index is 2.82. The second kappa shape index (κ2) is 4.40. The number of hydrogen-bond donors (Lipinski definition) is 1. The molecule has 3 heteroatoms. The van der Waals surface area contributed by atoms with E-state index in [1.807, 2.05) is 6.92 Å². The molecule has 1 unspecified atom stereocenters. The molecule has 0 saturated heterocycles. The standard InChI is InChI=1S/C10H13ClN2/c1-7(2)6-9(12)10-8(11)4-3-5-13-10/h3-5,9H,1,6,12H2,2H3. The molecule has 2 nitrogen and oxygen atoms in total. The fourth-order valence-electron chi connectivity index (χ4n) is 1.14. The minimum absolute atomic E-state index is 0.147. The summed E-state index contributed by atoms with van der Waals surface area (Å²) in [6.07, 6.45) is 2.41. The number of halogens is 1. The van der Waals surface area contributed by atoms with Gasteiger partial charge in [-0.25, -0.2) is 0 Å². The summed E-state index contributed by atoms with van der Waals surface area (Å²) in [5.74, 6) is 0. The van der Waals surface area contributed by atoms with Gasteiger partial charge in [-0.3, -0.25) is 4.98 Å². The number of aromatic nitrogens is 1. The summed E-state index contributed by atoms with van der Waals surface area (Å²) in [5, 5.41) is 0.622. The molecule has 1 rings (SSSR count). The molecule has 1 aromatic heterocycles. The fraction of sp³-hybridized carbons (Fsp3) is 0.300. The number of nitrogens with zero attached hydrogens (tertiary/aromatic N) is 1. The molecule has 0 aliphatic carbocycles. The van der Waals surface area contributed by atoms with Gasteiger partial charge < -0.3 is 5.73 Å². The first kappa shape index (κ1) is 10.2. The van der Waals surface area contributed by atoms with Crippen LogP contribution in [0.5, 0.6) is 0 Å². The summed E-state index contributed by atoms with van der Waals surface area (Å²) in [7, 11) is 0. The first-order valence-corrected chi connectivity index (χ1v) is 4.49. The Labute approximate surface area is 83.4 Å². The van der Waals surface area contributed by atoms with E-state index in [2.05, 4.69) is 11.6 Å². The molecule has 1 aromatic rings. The molecule has 0 saturated carbocycles. The van der Waals surface area contributed by atoms with Gasteiger partial charge in [0.2, 0.25) is 0 Å². The molecule has 1 atom stereocenters. The van der Waals surface area contributed by atoms with Crippen LogP contribution in [0.3, 0.4) is 0 Å². The molecule has 0 aliphatic rings. The summed E-state index contributed by atoms with van der Waals surface area (Å²) in [6, 6.07) is 3.44. The third-order valence-electron chi connectivity index (χ3n) is 1.71. The fourth-order valence-corrected chi connectivity index (χ4v) is 1.40. The van der Waals surface area contributed by atoms with Crippen molar-refractivity contribution >= 4 is 11.6 Å². The Bertz CT molecular complexity index is 310. The van der Waals surface area contributed by atoms with Crippen LogP contribution in [0.2, 0.25) is 5.02 Å². The molecule has 70 valence electrons. The third kappa shape index (κ3) is 2.83. The zero-order valence-corrected chi connectivity index (χ0v) is 8.38. The molecule has 0 fully saturated rings. The van der Waals surface area contributed by atoms with Crippen molar-refractivity contribution in [3.63, 3.8) is 0 Å². The number of nitrogens with two attached hydrogens (primary N) is 1. The van der Waals surface area contributed by atoms with Crippen LogP contribution in [-0.4, -0.2) is 4.98 Å². The van der Waals surface area contributed by atoms with Crippen molar-refractivity contribution in [3.05, 3.63) is 41.2 Å². The summed E-state index contributed by atoms with van der Waals surface area (Å²) in [5.41, 5.74) is 7.67.